The average Bonchev–Trinajstić information content (AvgIpc) is 3.29. The molecule has 1 aliphatic heterocycles. The second-order valence-corrected chi connectivity index (χ2v) is 8.18. The predicted octanol–water partition coefficient (Wildman–Crippen LogP) is 4.89. The highest BCUT2D eigenvalue weighted by molar-refractivity contribution is 5.81. The number of benzene rings is 3. The second-order valence-electron chi connectivity index (χ2n) is 8.18. The number of rotatable bonds is 4. The van der Waals surface area contributed by atoms with Crippen LogP contribution in [0.5, 0.6) is 0 Å². The zero-order valence-electron chi connectivity index (χ0n) is 16.0. The van der Waals surface area contributed by atoms with Crippen molar-refractivity contribution in [2.45, 2.75) is 18.4 Å². The smallest absolute Gasteiger partial charge is 0.133 e. The van der Waals surface area contributed by atoms with E-state index < -0.39 is 0 Å². The molecule has 0 bridgehead atoms. The SMILES string of the molecule is O=C1CC2CN(C(c3ccccc3)(c3ccccc3)c3ccccc3)CC2C1. The van der Waals surface area contributed by atoms with Crippen LogP contribution < -0.4 is 0 Å². The lowest BCUT2D eigenvalue weighted by Gasteiger charge is -2.44. The fourth-order valence-corrected chi connectivity index (χ4v) is 5.43. The van der Waals surface area contributed by atoms with Crippen LogP contribution in [0.3, 0.4) is 0 Å². The topological polar surface area (TPSA) is 20.3 Å². The van der Waals surface area contributed by atoms with E-state index in [2.05, 4.69) is 95.9 Å². The summed E-state index contributed by atoms with van der Waals surface area (Å²) in [6.07, 6.45) is 1.49. The number of nitrogens with zero attached hydrogens (tertiary/aromatic N) is 1. The Bertz CT molecular complexity index is 839. The predicted molar refractivity (Wildman–Crippen MR) is 112 cm³/mol. The van der Waals surface area contributed by atoms with Crippen molar-refractivity contribution in [1.29, 1.82) is 0 Å². The molecule has 2 atom stereocenters. The van der Waals surface area contributed by atoms with Crippen LogP contribution in [0.1, 0.15) is 29.5 Å². The molecule has 2 fully saturated rings. The van der Waals surface area contributed by atoms with Crippen LogP contribution in [0.25, 0.3) is 0 Å². The van der Waals surface area contributed by atoms with Crippen LogP contribution in [0.15, 0.2) is 91.0 Å². The molecule has 2 aliphatic rings. The zero-order valence-corrected chi connectivity index (χ0v) is 16.0. The molecule has 28 heavy (non-hydrogen) atoms. The first kappa shape index (κ1) is 17.4. The summed E-state index contributed by atoms with van der Waals surface area (Å²) in [4.78, 5) is 14.6. The van der Waals surface area contributed by atoms with Crippen molar-refractivity contribution in [3.63, 3.8) is 0 Å². The van der Waals surface area contributed by atoms with E-state index in [0.717, 1.165) is 25.9 Å². The largest absolute Gasteiger partial charge is 0.300 e. The van der Waals surface area contributed by atoms with Gasteiger partial charge in [-0.25, -0.2) is 0 Å². The van der Waals surface area contributed by atoms with Crippen molar-refractivity contribution in [2.75, 3.05) is 13.1 Å². The summed E-state index contributed by atoms with van der Waals surface area (Å²) in [7, 11) is 0. The summed E-state index contributed by atoms with van der Waals surface area (Å²) in [6, 6.07) is 32.6. The molecule has 1 saturated heterocycles. The van der Waals surface area contributed by atoms with E-state index in [1.54, 1.807) is 0 Å². The van der Waals surface area contributed by atoms with Gasteiger partial charge in [0, 0.05) is 25.9 Å². The molecule has 0 N–H and O–H groups in total. The summed E-state index contributed by atoms with van der Waals surface area (Å²) >= 11 is 0. The van der Waals surface area contributed by atoms with Gasteiger partial charge < -0.3 is 0 Å². The quantitative estimate of drug-likeness (QED) is 0.612. The number of Topliss-reactive ketones (excluding diaryl/α,β-unsaturated/α-hetero) is 1. The molecular weight excluding hydrogens is 342 g/mol. The molecule has 1 saturated carbocycles. The van der Waals surface area contributed by atoms with Crippen LogP contribution in [0.4, 0.5) is 0 Å². The number of carbonyl (C=O) groups is 1. The van der Waals surface area contributed by atoms with Gasteiger partial charge in [0.25, 0.3) is 0 Å². The van der Waals surface area contributed by atoms with Gasteiger partial charge in [0.05, 0.1) is 5.54 Å². The first-order valence-corrected chi connectivity index (χ1v) is 10.2. The fraction of sp³-hybridized carbons (Fsp3) is 0.269. The minimum absolute atomic E-state index is 0.336. The van der Waals surface area contributed by atoms with Gasteiger partial charge in [-0.15, -0.1) is 0 Å². The highest BCUT2D eigenvalue weighted by Gasteiger charge is 2.50. The Balaban J connectivity index is 1.73. The normalized spacial score (nSPS) is 22.4. The van der Waals surface area contributed by atoms with Gasteiger partial charge in [-0.1, -0.05) is 91.0 Å². The lowest BCUT2D eigenvalue weighted by molar-refractivity contribution is -0.118. The van der Waals surface area contributed by atoms with E-state index >= 15 is 0 Å². The third-order valence-electron chi connectivity index (χ3n) is 6.61. The minimum Gasteiger partial charge on any atom is -0.300 e. The third-order valence-corrected chi connectivity index (χ3v) is 6.61. The number of likely N-dealkylation sites (tertiary alicyclic amines) is 1. The number of hydrogen-bond donors (Lipinski definition) is 0. The molecular formula is C26H25NO. The fourth-order valence-electron chi connectivity index (χ4n) is 5.43. The van der Waals surface area contributed by atoms with Crippen molar-refractivity contribution in [3.05, 3.63) is 108 Å². The Morgan fingerprint density at radius 2 is 0.964 bits per heavy atom. The Hall–Kier alpha value is -2.71. The van der Waals surface area contributed by atoms with Gasteiger partial charge >= 0.3 is 0 Å². The van der Waals surface area contributed by atoms with Gasteiger partial charge in [-0.3, -0.25) is 9.69 Å². The van der Waals surface area contributed by atoms with E-state index in [1.165, 1.54) is 16.7 Å². The summed E-state index contributed by atoms with van der Waals surface area (Å²) in [5, 5.41) is 0. The summed E-state index contributed by atoms with van der Waals surface area (Å²) in [5.74, 6) is 1.42. The Morgan fingerprint density at radius 1 is 0.607 bits per heavy atom. The van der Waals surface area contributed by atoms with Crippen LogP contribution in [-0.4, -0.2) is 23.8 Å². The van der Waals surface area contributed by atoms with Gasteiger partial charge in [-0.05, 0) is 28.5 Å². The molecule has 5 rings (SSSR count). The Labute approximate surface area is 166 Å². The van der Waals surface area contributed by atoms with Crippen LogP contribution in [-0.2, 0) is 10.3 Å². The van der Waals surface area contributed by atoms with Crippen LogP contribution in [0.2, 0.25) is 0 Å². The van der Waals surface area contributed by atoms with Crippen molar-refractivity contribution < 1.29 is 4.79 Å². The monoisotopic (exact) mass is 367 g/mol. The highest BCUT2D eigenvalue weighted by Crippen LogP contribution is 2.48. The van der Waals surface area contributed by atoms with E-state index in [1.807, 2.05) is 0 Å². The first-order valence-electron chi connectivity index (χ1n) is 10.2. The zero-order chi connectivity index (χ0) is 19.0. The lowest BCUT2D eigenvalue weighted by Crippen LogP contribution is -2.47. The molecule has 3 aromatic rings. The third kappa shape index (κ3) is 2.71. The van der Waals surface area contributed by atoms with Gasteiger partial charge in [0.15, 0.2) is 0 Å². The second kappa shape index (κ2) is 7.03. The summed E-state index contributed by atoms with van der Waals surface area (Å²) < 4.78 is 0. The summed E-state index contributed by atoms with van der Waals surface area (Å²) in [5.41, 5.74) is 3.54. The van der Waals surface area contributed by atoms with E-state index in [4.69, 9.17) is 0 Å². The average molecular weight is 367 g/mol. The molecule has 0 radical (unpaired) electrons. The first-order chi connectivity index (χ1) is 13.8. The standard InChI is InChI=1S/C26H25NO/c28-25-16-20-18-27(19-21(20)17-25)26(22-10-4-1-5-11-22,23-12-6-2-7-13-23)24-14-8-3-9-15-24/h1-15,20-21H,16-19H2. The van der Waals surface area contributed by atoms with E-state index in [0.29, 0.717) is 17.6 Å². The molecule has 2 unspecified atom stereocenters. The highest BCUT2D eigenvalue weighted by atomic mass is 16.1. The maximum atomic E-state index is 12.0. The maximum Gasteiger partial charge on any atom is 0.133 e. The molecule has 0 aromatic heterocycles. The number of hydrogen-bond acceptors (Lipinski definition) is 2. The Morgan fingerprint density at radius 3 is 1.32 bits per heavy atom. The molecule has 2 heteroatoms. The molecule has 0 amide bonds. The van der Waals surface area contributed by atoms with Crippen LogP contribution in [0, 0.1) is 11.8 Å². The number of ketones is 1. The minimum atomic E-state index is -0.336. The molecule has 0 spiro atoms. The van der Waals surface area contributed by atoms with E-state index in [9.17, 15) is 4.79 Å². The lowest BCUT2D eigenvalue weighted by atomic mass is 9.75. The molecule has 140 valence electrons. The maximum absolute atomic E-state index is 12.0. The summed E-state index contributed by atoms with van der Waals surface area (Å²) in [6.45, 7) is 1.93. The van der Waals surface area contributed by atoms with Crippen molar-refractivity contribution in [2.24, 2.45) is 11.8 Å². The van der Waals surface area contributed by atoms with Gasteiger partial charge in [-0.2, -0.15) is 0 Å². The number of carbonyl (C=O) groups excluding carboxylic acids is 1. The van der Waals surface area contributed by atoms with Gasteiger partial charge in [0.2, 0.25) is 0 Å². The van der Waals surface area contributed by atoms with Crippen molar-refractivity contribution in [3.8, 4) is 0 Å². The number of fused-ring (bicyclic) bond motifs is 1. The van der Waals surface area contributed by atoms with Crippen LogP contribution >= 0.6 is 0 Å². The van der Waals surface area contributed by atoms with Gasteiger partial charge in [0.1, 0.15) is 5.78 Å². The van der Waals surface area contributed by atoms with Crippen molar-refractivity contribution >= 4 is 5.78 Å². The van der Waals surface area contributed by atoms with Crippen molar-refractivity contribution in [1.82, 2.24) is 4.90 Å². The molecule has 3 aromatic carbocycles. The Kier molecular flexibility index (Phi) is 4.37. The molecule has 1 aliphatic carbocycles. The molecule has 2 nitrogen and oxygen atoms in total. The van der Waals surface area contributed by atoms with E-state index in [-0.39, 0.29) is 5.54 Å². The molecule has 1 heterocycles.